The molecule has 0 aromatic carbocycles. The van der Waals surface area contributed by atoms with Crippen LogP contribution in [-0.4, -0.2) is 29.5 Å². The Morgan fingerprint density at radius 3 is 2.67 bits per heavy atom. The van der Waals surface area contributed by atoms with Crippen LogP contribution >= 0.6 is 11.6 Å². The van der Waals surface area contributed by atoms with Crippen LogP contribution in [0.4, 0.5) is 4.79 Å². The fourth-order valence-corrected chi connectivity index (χ4v) is 2.49. The Bertz CT molecular complexity index is 563. The maximum absolute atomic E-state index is 11.7. The molecule has 1 heterocycles. The summed E-state index contributed by atoms with van der Waals surface area (Å²) in [5.41, 5.74) is 0.406. The number of ether oxygens (including phenoxy) is 1. The highest BCUT2D eigenvalue weighted by Crippen LogP contribution is 2.49. The van der Waals surface area contributed by atoms with Gasteiger partial charge in [-0.25, -0.2) is 4.79 Å². The zero-order valence-corrected chi connectivity index (χ0v) is 13.2. The first kappa shape index (κ1) is 15.8. The van der Waals surface area contributed by atoms with Gasteiger partial charge in [-0.1, -0.05) is 11.6 Å². The van der Waals surface area contributed by atoms with Gasteiger partial charge in [-0.3, -0.25) is 9.78 Å². The summed E-state index contributed by atoms with van der Waals surface area (Å²) < 4.78 is 5.21. The number of carbonyl (C=O) groups is 2. The average molecular weight is 311 g/mol. The van der Waals surface area contributed by atoms with Crippen molar-refractivity contribution < 1.29 is 14.3 Å². The van der Waals surface area contributed by atoms with Gasteiger partial charge >= 0.3 is 6.09 Å². The van der Waals surface area contributed by atoms with E-state index in [1.807, 2.05) is 20.8 Å². The Hall–Kier alpha value is -1.62. The molecule has 0 spiro atoms. The second kappa shape index (κ2) is 5.64. The average Bonchev–Trinajstić information content (AvgIpc) is 3.15. The molecule has 1 aromatic rings. The van der Waals surface area contributed by atoms with Gasteiger partial charge in [0.15, 0.2) is 6.29 Å². The van der Waals surface area contributed by atoms with Gasteiger partial charge in [0.1, 0.15) is 5.60 Å². The predicted molar refractivity (Wildman–Crippen MR) is 79.8 cm³/mol. The molecule has 114 valence electrons. The number of alkyl carbamates (subject to hydrolysis) is 1. The van der Waals surface area contributed by atoms with Crippen LogP contribution in [0.15, 0.2) is 12.3 Å². The van der Waals surface area contributed by atoms with Gasteiger partial charge < -0.3 is 10.1 Å². The minimum absolute atomic E-state index is 0.241. The molecular weight excluding hydrogens is 292 g/mol. The standard InChI is InChI=1S/C15H19ClN2O3/c1-14(2,3)21-13(20)18-9-15(4-5-15)12-11(16)6-10(8-19)7-17-12/h6-8H,4-5,9H2,1-3H3,(H,18,20). The molecule has 1 aromatic heterocycles. The lowest BCUT2D eigenvalue weighted by Gasteiger charge is -2.22. The van der Waals surface area contributed by atoms with E-state index in [2.05, 4.69) is 10.3 Å². The molecule has 1 N–H and O–H groups in total. The summed E-state index contributed by atoms with van der Waals surface area (Å²) in [6.45, 7) is 5.87. The Balaban J connectivity index is 2.03. The number of halogens is 1. The van der Waals surface area contributed by atoms with E-state index in [0.29, 0.717) is 23.4 Å². The van der Waals surface area contributed by atoms with Gasteiger partial charge in [-0.05, 0) is 39.7 Å². The third-order valence-corrected chi connectivity index (χ3v) is 3.61. The molecule has 2 rings (SSSR count). The topological polar surface area (TPSA) is 68.3 Å². The van der Waals surface area contributed by atoms with Crippen LogP contribution in [0.1, 0.15) is 49.7 Å². The quantitative estimate of drug-likeness (QED) is 0.868. The number of pyridine rings is 1. The number of amides is 1. The smallest absolute Gasteiger partial charge is 0.407 e. The lowest BCUT2D eigenvalue weighted by molar-refractivity contribution is 0.0522. The van der Waals surface area contributed by atoms with Crippen molar-refractivity contribution in [1.29, 1.82) is 0 Å². The predicted octanol–water partition coefficient (Wildman–Crippen LogP) is 3.10. The van der Waals surface area contributed by atoms with Gasteiger partial charge in [0, 0.05) is 23.7 Å². The minimum atomic E-state index is -0.525. The van der Waals surface area contributed by atoms with Crippen molar-refractivity contribution in [3.63, 3.8) is 0 Å². The Kier molecular flexibility index (Phi) is 4.23. The molecule has 0 aliphatic heterocycles. The van der Waals surface area contributed by atoms with Crippen molar-refractivity contribution in [3.05, 3.63) is 28.5 Å². The normalized spacial score (nSPS) is 16.2. The van der Waals surface area contributed by atoms with Crippen molar-refractivity contribution in [2.75, 3.05) is 6.54 Å². The molecule has 0 atom stereocenters. The van der Waals surface area contributed by atoms with Crippen LogP contribution < -0.4 is 5.32 Å². The molecule has 1 aliphatic rings. The SMILES string of the molecule is CC(C)(C)OC(=O)NCC1(c2ncc(C=O)cc2Cl)CC1. The Morgan fingerprint density at radius 1 is 1.52 bits per heavy atom. The van der Waals surface area contributed by atoms with Crippen molar-refractivity contribution in [1.82, 2.24) is 10.3 Å². The molecular formula is C15H19ClN2O3. The summed E-state index contributed by atoms with van der Waals surface area (Å²) in [5.74, 6) is 0. The third kappa shape index (κ3) is 3.94. The molecule has 5 nitrogen and oxygen atoms in total. The van der Waals surface area contributed by atoms with Gasteiger partial charge in [0.25, 0.3) is 0 Å². The third-order valence-electron chi connectivity index (χ3n) is 3.32. The van der Waals surface area contributed by atoms with E-state index in [4.69, 9.17) is 16.3 Å². The van der Waals surface area contributed by atoms with E-state index in [9.17, 15) is 9.59 Å². The van der Waals surface area contributed by atoms with Crippen LogP contribution in [0.2, 0.25) is 5.02 Å². The van der Waals surface area contributed by atoms with Gasteiger partial charge in [-0.15, -0.1) is 0 Å². The monoisotopic (exact) mass is 310 g/mol. The van der Waals surface area contributed by atoms with E-state index >= 15 is 0 Å². The number of nitrogens with zero attached hydrogens (tertiary/aromatic N) is 1. The maximum atomic E-state index is 11.7. The number of aromatic nitrogens is 1. The molecule has 1 amide bonds. The summed E-state index contributed by atoms with van der Waals surface area (Å²) in [4.78, 5) is 26.7. The number of hydrogen-bond donors (Lipinski definition) is 1. The van der Waals surface area contributed by atoms with Gasteiger partial charge in [0.2, 0.25) is 0 Å². The fourth-order valence-electron chi connectivity index (χ4n) is 2.11. The van der Waals surface area contributed by atoms with Crippen molar-refractivity contribution in [2.45, 2.75) is 44.6 Å². The van der Waals surface area contributed by atoms with Crippen LogP contribution in [0.5, 0.6) is 0 Å². The molecule has 0 saturated heterocycles. The van der Waals surface area contributed by atoms with Gasteiger partial charge in [0.05, 0.1) is 10.7 Å². The molecule has 21 heavy (non-hydrogen) atoms. The van der Waals surface area contributed by atoms with E-state index in [1.165, 1.54) is 6.20 Å². The lowest BCUT2D eigenvalue weighted by Crippen LogP contribution is -2.37. The second-order valence-electron chi connectivity index (χ2n) is 6.35. The molecule has 1 aliphatic carbocycles. The van der Waals surface area contributed by atoms with Crippen molar-refractivity contribution in [2.24, 2.45) is 0 Å². The van der Waals surface area contributed by atoms with E-state index in [-0.39, 0.29) is 5.41 Å². The van der Waals surface area contributed by atoms with Crippen molar-refractivity contribution >= 4 is 24.0 Å². The van der Waals surface area contributed by atoms with Crippen LogP contribution in [0.3, 0.4) is 0 Å². The molecule has 0 radical (unpaired) electrons. The first-order valence-electron chi connectivity index (χ1n) is 6.84. The first-order valence-corrected chi connectivity index (χ1v) is 7.22. The summed E-state index contributed by atoms with van der Waals surface area (Å²) >= 11 is 6.19. The number of carbonyl (C=O) groups excluding carboxylic acids is 2. The number of aldehydes is 1. The largest absolute Gasteiger partial charge is 0.444 e. The van der Waals surface area contributed by atoms with Gasteiger partial charge in [-0.2, -0.15) is 0 Å². The maximum Gasteiger partial charge on any atom is 0.407 e. The van der Waals surface area contributed by atoms with Crippen LogP contribution in [0, 0.1) is 0 Å². The summed E-state index contributed by atoms with van der Waals surface area (Å²) in [5, 5.41) is 3.23. The highest BCUT2D eigenvalue weighted by Gasteiger charge is 2.47. The number of nitrogens with one attached hydrogen (secondary N) is 1. The van der Waals surface area contributed by atoms with E-state index < -0.39 is 11.7 Å². The van der Waals surface area contributed by atoms with Crippen LogP contribution in [0.25, 0.3) is 0 Å². The summed E-state index contributed by atoms with van der Waals surface area (Å²) in [7, 11) is 0. The zero-order valence-electron chi connectivity index (χ0n) is 12.4. The molecule has 6 heteroatoms. The highest BCUT2D eigenvalue weighted by molar-refractivity contribution is 6.31. The minimum Gasteiger partial charge on any atom is -0.444 e. The number of rotatable bonds is 4. The Morgan fingerprint density at radius 2 is 2.19 bits per heavy atom. The van der Waals surface area contributed by atoms with Crippen molar-refractivity contribution in [3.8, 4) is 0 Å². The molecule has 0 unspecified atom stereocenters. The lowest BCUT2D eigenvalue weighted by atomic mass is 10.0. The van der Waals surface area contributed by atoms with E-state index in [1.54, 1.807) is 6.07 Å². The fraction of sp³-hybridized carbons (Fsp3) is 0.533. The molecule has 1 saturated carbocycles. The zero-order chi connectivity index (χ0) is 15.7. The second-order valence-corrected chi connectivity index (χ2v) is 6.76. The number of hydrogen-bond acceptors (Lipinski definition) is 4. The van der Waals surface area contributed by atoms with E-state index in [0.717, 1.165) is 18.5 Å². The highest BCUT2D eigenvalue weighted by atomic mass is 35.5. The van der Waals surface area contributed by atoms with Crippen LogP contribution in [-0.2, 0) is 10.2 Å². The Labute approximate surface area is 129 Å². The first-order chi connectivity index (χ1) is 9.76. The molecule has 0 bridgehead atoms. The summed E-state index contributed by atoms with van der Waals surface area (Å²) in [6.07, 6.45) is 3.56. The molecule has 1 fully saturated rings. The summed E-state index contributed by atoms with van der Waals surface area (Å²) in [6, 6.07) is 1.60.